The minimum Gasteiger partial charge on any atom is -0.299 e. The summed E-state index contributed by atoms with van der Waals surface area (Å²) in [5, 5.41) is 1.95. The first kappa shape index (κ1) is 14.4. The maximum absolute atomic E-state index is 6.31. The number of fused-ring (bicyclic) bond motifs is 2. The van der Waals surface area contributed by atoms with Crippen molar-refractivity contribution in [2.45, 2.75) is 31.8 Å². The van der Waals surface area contributed by atoms with Crippen LogP contribution in [0.1, 0.15) is 24.8 Å². The Morgan fingerprint density at radius 3 is 3.05 bits per heavy atom. The molecule has 2 saturated heterocycles. The zero-order valence-electron chi connectivity index (χ0n) is 12.8. The lowest BCUT2D eigenvalue weighted by Crippen LogP contribution is -2.36. The predicted octanol–water partition coefficient (Wildman–Crippen LogP) is 3.56. The van der Waals surface area contributed by atoms with Gasteiger partial charge in [-0.2, -0.15) is 0 Å². The molecule has 2 aromatic rings. The second-order valence-electron chi connectivity index (χ2n) is 6.56. The smallest absolute Gasteiger partial charge is 0.0747 e. The summed E-state index contributed by atoms with van der Waals surface area (Å²) >= 11 is 6.31. The number of benzene rings is 1. The maximum Gasteiger partial charge on any atom is 0.0747 e. The van der Waals surface area contributed by atoms with Crippen LogP contribution in [0.3, 0.4) is 0 Å². The van der Waals surface area contributed by atoms with Crippen molar-refractivity contribution in [2.24, 2.45) is 0 Å². The summed E-state index contributed by atoms with van der Waals surface area (Å²) in [6.45, 7) is 5.86. The fourth-order valence-corrected chi connectivity index (χ4v) is 4.26. The number of hydrogen-bond acceptors (Lipinski definition) is 3. The van der Waals surface area contributed by atoms with Gasteiger partial charge in [0.25, 0.3) is 0 Å². The highest BCUT2D eigenvalue weighted by Crippen LogP contribution is 2.26. The van der Waals surface area contributed by atoms with Crippen molar-refractivity contribution >= 4 is 22.5 Å². The minimum absolute atomic E-state index is 0.751. The van der Waals surface area contributed by atoms with Gasteiger partial charge in [0.1, 0.15) is 0 Å². The largest absolute Gasteiger partial charge is 0.299 e. The second-order valence-corrected chi connectivity index (χ2v) is 7.00. The summed E-state index contributed by atoms with van der Waals surface area (Å²) in [4.78, 5) is 9.85. The molecule has 1 atom stereocenters. The predicted molar refractivity (Wildman–Crippen MR) is 91.2 cm³/mol. The number of halogens is 1. The van der Waals surface area contributed by atoms with E-state index in [1.807, 2.05) is 18.3 Å². The Bertz CT molecular complexity index is 672. The monoisotopic (exact) mass is 315 g/mol. The van der Waals surface area contributed by atoms with Crippen LogP contribution in [0.25, 0.3) is 10.9 Å². The quantitative estimate of drug-likeness (QED) is 0.844. The van der Waals surface area contributed by atoms with Crippen LogP contribution in [0.5, 0.6) is 0 Å². The van der Waals surface area contributed by atoms with Crippen molar-refractivity contribution in [3.8, 4) is 0 Å². The third kappa shape index (κ3) is 2.85. The Morgan fingerprint density at radius 1 is 1.18 bits per heavy atom. The Kier molecular flexibility index (Phi) is 4.03. The van der Waals surface area contributed by atoms with Crippen molar-refractivity contribution in [2.75, 3.05) is 26.2 Å². The lowest BCUT2D eigenvalue weighted by atomic mass is 10.1. The molecule has 2 aliphatic heterocycles. The van der Waals surface area contributed by atoms with E-state index < -0.39 is 0 Å². The van der Waals surface area contributed by atoms with Gasteiger partial charge in [-0.05, 0) is 62.7 Å². The Hall–Kier alpha value is -1.16. The Morgan fingerprint density at radius 2 is 2.09 bits per heavy atom. The molecule has 0 saturated carbocycles. The van der Waals surface area contributed by atoms with E-state index in [0.29, 0.717) is 0 Å². The molecule has 0 bridgehead atoms. The van der Waals surface area contributed by atoms with Crippen LogP contribution in [0, 0.1) is 0 Å². The molecule has 0 spiro atoms. The molecule has 2 aliphatic rings. The van der Waals surface area contributed by atoms with Crippen molar-refractivity contribution in [1.82, 2.24) is 14.8 Å². The Labute approximate surface area is 136 Å². The Balaban J connectivity index is 1.60. The van der Waals surface area contributed by atoms with Crippen LogP contribution in [0.4, 0.5) is 0 Å². The van der Waals surface area contributed by atoms with E-state index in [2.05, 4.69) is 26.9 Å². The van der Waals surface area contributed by atoms with Gasteiger partial charge in [-0.15, -0.1) is 0 Å². The van der Waals surface area contributed by atoms with Crippen molar-refractivity contribution < 1.29 is 0 Å². The maximum atomic E-state index is 6.31. The van der Waals surface area contributed by atoms with Gasteiger partial charge in [-0.25, -0.2) is 0 Å². The van der Waals surface area contributed by atoms with Crippen LogP contribution >= 0.6 is 11.6 Å². The molecule has 1 aromatic heterocycles. The van der Waals surface area contributed by atoms with Crippen molar-refractivity contribution in [3.05, 3.63) is 41.0 Å². The van der Waals surface area contributed by atoms with Gasteiger partial charge >= 0.3 is 0 Å². The van der Waals surface area contributed by atoms with E-state index in [1.54, 1.807) is 0 Å². The van der Waals surface area contributed by atoms with Crippen LogP contribution in [0.15, 0.2) is 30.5 Å². The first-order valence-corrected chi connectivity index (χ1v) is 8.67. The molecule has 3 nitrogen and oxygen atoms in total. The SMILES string of the molecule is Clc1cc(CN2CCCN3CCC[C@H]3C2)c2ncccc2c1. The fraction of sp³-hybridized carbons (Fsp3) is 0.500. The van der Waals surface area contributed by atoms with Gasteiger partial charge in [-0.3, -0.25) is 14.8 Å². The zero-order chi connectivity index (χ0) is 14.9. The van der Waals surface area contributed by atoms with E-state index in [4.69, 9.17) is 11.6 Å². The summed E-state index contributed by atoms with van der Waals surface area (Å²) in [5.74, 6) is 0. The highest BCUT2D eigenvalue weighted by Gasteiger charge is 2.28. The fourth-order valence-electron chi connectivity index (χ4n) is 4.02. The van der Waals surface area contributed by atoms with E-state index in [1.165, 1.54) is 51.0 Å². The molecular formula is C18H22ClN3. The standard InChI is InChI=1S/C18H22ClN3/c19-16-10-14-4-1-6-20-18(14)15(11-16)12-21-7-3-9-22-8-2-5-17(22)13-21/h1,4,6,10-11,17H,2-3,5,7-9,12-13H2/t17-/m0/s1. The van der Waals surface area contributed by atoms with Gasteiger partial charge in [0.05, 0.1) is 5.52 Å². The lowest BCUT2D eigenvalue weighted by Gasteiger charge is -2.26. The van der Waals surface area contributed by atoms with Gasteiger partial charge in [0, 0.05) is 35.7 Å². The van der Waals surface area contributed by atoms with Gasteiger partial charge < -0.3 is 0 Å². The molecule has 116 valence electrons. The second kappa shape index (κ2) is 6.15. The molecule has 4 rings (SSSR count). The van der Waals surface area contributed by atoms with Crippen LogP contribution in [0.2, 0.25) is 5.02 Å². The summed E-state index contributed by atoms with van der Waals surface area (Å²) in [7, 11) is 0. The summed E-state index contributed by atoms with van der Waals surface area (Å²) < 4.78 is 0. The number of nitrogens with zero attached hydrogens (tertiary/aromatic N) is 3. The molecule has 22 heavy (non-hydrogen) atoms. The minimum atomic E-state index is 0.751. The number of rotatable bonds is 2. The molecule has 1 aromatic carbocycles. The van der Waals surface area contributed by atoms with Crippen molar-refractivity contribution in [3.63, 3.8) is 0 Å². The van der Waals surface area contributed by atoms with E-state index in [-0.39, 0.29) is 0 Å². The topological polar surface area (TPSA) is 19.4 Å². The number of pyridine rings is 1. The summed E-state index contributed by atoms with van der Waals surface area (Å²) in [6.07, 6.45) is 5.86. The third-order valence-electron chi connectivity index (χ3n) is 5.03. The first-order chi connectivity index (χ1) is 10.8. The van der Waals surface area contributed by atoms with E-state index in [0.717, 1.165) is 28.5 Å². The van der Waals surface area contributed by atoms with Crippen LogP contribution in [-0.4, -0.2) is 47.0 Å². The summed E-state index contributed by atoms with van der Waals surface area (Å²) in [5.41, 5.74) is 2.36. The van der Waals surface area contributed by atoms with Gasteiger partial charge in [-0.1, -0.05) is 17.7 Å². The first-order valence-electron chi connectivity index (χ1n) is 8.29. The third-order valence-corrected chi connectivity index (χ3v) is 5.25. The number of hydrogen-bond donors (Lipinski definition) is 0. The summed E-state index contributed by atoms with van der Waals surface area (Å²) in [6, 6.07) is 8.92. The molecule has 0 amide bonds. The van der Waals surface area contributed by atoms with Crippen LogP contribution in [-0.2, 0) is 6.54 Å². The molecular weight excluding hydrogens is 294 g/mol. The molecule has 0 unspecified atom stereocenters. The molecule has 0 radical (unpaired) electrons. The number of aromatic nitrogens is 1. The average molecular weight is 316 g/mol. The lowest BCUT2D eigenvalue weighted by molar-refractivity contribution is 0.216. The zero-order valence-corrected chi connectivity index (χ0v) is 13.6. The molecule has 0 aliphatic carbocycles. The molecule has 2 fully saturated rings. The van der Waals surface area contributed by atoms with Crippen molar-refractivity contribution in [1.29, 1.82) is 0 Å². The van der Waals surface area contributed by atoms with E-state index >= 15 is 0 Å². The van der Waals surface area contributed by atoms with E-state index in [9.17, 15) is 0 Å². The van der Waals surface area contributed by atoms with Crippen LogP contribution < -0.4 is 0 Å². The van der Waals surface area contributed by atoms with Gasteiger partial charge in [0.2, 0.25) is 0 Å². The van der Waals surface area contributed by atoms with Gasteiger partial charge in [0.15, 0.2) is 0 Å². The molecule has 0 N–H and O–H groups in total. The molecule has 3 heterocycles. The highest BCUT2D eigenvalue weighted by molar-refractivity contribution is 6.31. The highest BCUT2D eigenvalue weighted by atomic mass is 35.5. The normalized spacial score (nSPS) is 23.6. The average Bonchev–Trinajstić information content (AvgIpc) is 2.86. The molecule has 4 heteroatoms.